The summed E-state index contributed by atoms with van der Waals surface area (Å²) < 4.78 is 0. The quantitative estimate of drug-likeness (QED) is 0.858. The average Bonchev–Trinajstić information content (AvgIpc) is 2.73. The van der Waals surface area contributed by atoms with Crippen LogP contribution in [0.1, 0.15) is 37.1 Å². The molecule has 0 saturated heterocycles. The van der Waals surface area contributed by atoms with Crippen molar-refractivity contribution < 1.29 is 0 Å². The molecule has 2 heterocycles. The molecule has 1 N–H and O–H groups in total. The fraction of sp³-hybridized carbons (Fsp3) is 0.571. The molecule has 2 aromatic heterocycles. The minimum Gasteiger partial charge on any atom is -0.369 e. The molecule has 102 valence electrons. The molecule has 3 nitrogen and oxygen atoms in total. The normalized spacial score (nSPS) is 14.9. The van der Waals surface area contributed by atoms with Gasteiger partial charge in [0.15, 0.2) is 0 Å². The fourth-order valence-corrected chi connectivity index (χ4v) is 4.04. The molecule has 0 unspecified atom stereocenters. The summed E-state index contributed by atoms with van der Waals surface area (Å²) in [6.07, 6.45) is 4.88. The van der Waals surface area contributed by atoms with Crippen LogP contribution in [0, 0.1) is 5.92 Å². The second kappa shape index (κ2) is 5.25. The van der Waals surface area contributed by atoms with E-state index in [1.807, 2.05) is 0 Å². The first-order chi connectivity index (χ1) is 9.15. The van der Waals surface area contributed by atoms with Gasteiger partial charge in [0.25, 0.3) is 0 Å². The van der Waals surface area contributed by atoms with Gasteiger partial charge in [-0.15, -0.1) is 11.3 Å². The first kappa shape index (κ1) is 13.1. The lowest BCUT2D eigenvalue weighted by molar-refractivity contribution is 0.686. The van der Waals surface area contributed by atoms with Crippen molar-refractivity contribution in [3.63, 3.8) is 0 Å². The van der Waals surface area contributed by atoms with Crippen LogP contribution in [0.25, 0.3) is 10.2 Å². The molecule has 1 aliphatic carbocycles. The minimum atomic E-state index is 0.345. The number of halogens is 1. The third-order valence-electron chi connectivity index (χ3n) is 3.47. The van der Waals surface area contributed by atoms with Crippen molar-refractivity contribution in [1.82, 2.24) is 9.97 Å². The van der Waals surface area contributed by atoms with Crippen molar-refractivity contribution in [2.24, 2.45) is 5.92 Å². The van der Waals surface area contributed by atoms with Gasteiger partial charge in [-0.25, -0.2) is 9.97 Å². The molecule has 0 fully saturated rings. The van der Waals surface area contributed by atoms with E-state index < -0.39 is 0 Å². The maximum atomic E-state index is 6.05. The molecule has 0 radical (unpaired) electrons. The molecule has 0 aromatic carbocycles. The summed E-state index contributed by atoms with van der Waals surface area (Å²) in [5.74, 6) is 1.50. The Hall–Kier alpha value is -0.870. The van der Waals surface area contributed by atoms with E-state index in [-0.39, 0.29) is 0 Å². The highest BCUT2D eigenvalue weighted by molar-refractivity contribution is 7.19. The minimum absolute atomic E-state index is 0.345. The number of hydrogen-bond donors (Lipinski definition) is 1. The monoisotopic (exact) mass is 295 g/mol. The Morgan fingerprint density at radius 3 is 2.84 bits per heavy atom. The molecular formula is C14H18ClN3S. The smallest absolute Gasteiger partial charge is 0.225 e. The van der Waals surface area contributed by atoms with Gasteiger partial charge in [-0.1, -0.05) is 13.8 Å². The van der Waals surface area contributed by atoms with Crippen LogP contribution in [-0.2, 0) is 12.8 Å². The van der Waals surface area contributed by atoms with Crippen LogP contribution >= 0.6 is 22.9 Å². The second-order valence-corrected chi connectivity index (χ2v) is 6.93. The van der Waals surface area contributed by atoms with Gasteiger partial charge in [0.1, 0.15) is 10.6 Å². The summed E-state index contributed by atoms with van der Waals surface area (Å²) in [7, 11) is 0. The molecule has 1 aliphatic rings. The van der Waals surface area contributed by atoms with Crippen LogP contribution in [0.4, 0.5) is 5.82 Å². The summed E-state index contributed by atoms with van der Waals surface area (Å²) >= 11 is 7.83. The Morgan fingerprint density at radius 1 is 1.26 bits per heavy atom. The number of nitrogens with zero attached hydrogens (tertiary/aromatic N) is 2. The second-order valence-electron chi connectivity index (χ2n) is 5.51. The number of thiophene rings is 1. The van der Waals surface area contributed by atoms with E-state index >= 15 is 0 Å². The molecule has 0 atom stereocenters. The van der Waals surface area contributed by atoms with Gasteiger partial charge >= 0.3 is 0 Å². The van der Waals surface area contributed by atoms with Gasteiger partial charge in [-0.2, -0.15) is 0 Å². The predicted octanol–water partition coefficient (Wildman–Crippen LogP) is 4.29. The Labute approximate surface area is 122 Å². The van der Waals surface area contributed by atoms with Gasteiger partial charge < -0.3 is 5.32 Å². The zero-order valence-electron chi connectivity index (χ0n) is 11.3. The van der Waals surface area contributed by atoms with Crippen LogP contribution in [0.15, 0.2) is 0 Å². The number of aromatic nitrogens is 2. The lowest BCUT2D eigenvalue weighted by Gasteiger charge is -2.13. The van der Waals surface area contributed by atoms with Crippen molar-refractivity contribution in [3.05, 3.63) is 15.7 Å². The number of hydrogen-bond acceptors (Lipinski definition) is 4. The molecule has 0 amide bonds. The van der Waals surface area contributed by atoms with Crippen LogP contribution in [-0.4, -0.2) is 16.5 Å². The summed E-state index contributed by atoms with van der Waals surface area (Å²) in [6, 6.07) is 0. The van der Waals surface area contributed by atoms with E-state index in [1.165, 1.54) is 35.1 Å². The highest BCUT2D eigenvalue weighted by atomic mass is 35.5. The highest BCUT2D eigenvalue weighted by Gasteiger charge is 2.20. The van der Waals surface area contributed by atoms with Crippen LogP contribution < -0.4 is 5.32 Å². The number of fused-ring (bicyclic) bond motifs is 3. The van der Waals surface area contributed by atoms with Gasteiger partial charge in [-0.3, -0.25) is 0 Å². The zero-order valence-corrected chi connectivity index (χ0v) is 12.9. The van der Waals surface area contributed by atoms with Gasteiger partial charge in [-0.05, 0) is 48.8 Å². The first-order valence-electron chi connectivity index (χ1n) is 6.87. The number of anilines is 1. The zero-order chi connectivity index (χ0) is 13.4. The lowest BCUT2D eigenvalue weighted by Crippen LogP contribution is -2.10. The Morgan fingerprint density at radius 2 is 2.05 bits per heavy atom. The molecular weight excluding hydrogens is 278 g/mol. The summed E-state index contributed by atoms with van der Waals surface area (Å²) in [4.78, 5) is 11.3. The predicted molar refractivity (Wildman–Crippen MR) is 82.4 cm³/mol. The van der Waals surface area contributed by atoms with E-state index in [2.05, 4.69) is 29.1 Å². The Bertz CT molecular complexity index is 606. The maximum Gasteiger partial charge on any atom is 0.225 e. The van der Waals surface area contributed by atoms with E-state index in [1.54, 1.807) is 11.3 Å². The van der Waals surface area contributed by atoms with Gasteiger partial charge in [0, 0.05) is 11.4 Å². The van der Waals surface area contributed by atoms with Crippen molar-refractivity contribution in [2.75, 3.05) is 11.9 Å². The third-order valence-corrected chi connectivity index (χ3v) is 4.82. The van der Waals surface area contributed by atoms with E-state index in [0.717, 1.165) is 23.6 Å². The lowest BCUT2D eigenvalue weighted by atomic mass is 9.97. The number of aryl methyl sites for hydroxylation is 2. The largest absolute Gasteiger partial charge is 0.369 e. The Kier molecular flexibility index (Phi) is 3.63. The fourth-order valence-electron chi connectivity index (χ4n) is 2.56. The molecule has 5 heteroatoms. The molecule has 0 saturated carbocycles. The molecule has 0 spiro atoms. The third kappa shape index (κ3) is 2.56. The van der Waals surface area contributed by atoms with Crippen LogP contribution in [0.2, 0.25) is 5.28 Å². The summed E-state index contributed by atoms with van der Waals surface area (Å²) in [5.41, 5.74) is 1.45. The van der Waals surface area contributed by atoms with Gasteiger partial charge in [0.2, 0.25) is 5.28 Å². The first-order valence-corrected chi connectivity index (χ1v) is 8.06. The van der Waals surface area contributed by atoms with E-state index in [0.29, 0.717) is 11.2 Å². The van der Waals surface area contributed by atoms with Crippen molar-refractivity contribution in [3.8, 4) is 0 Å². The van der Waals surface area contributed by atoms with Gasteiger partial charge in [0.05, 0.1) is 5.39 Å². The van der Waals surface area contributed by atoms with E-state index in [4.69, 9.17) is 11.6 Å². The van der Waals surface area contributed by atoms with Crippen molar-refractivity contribution in [1.29, 1.82) is 0 Å². The highest BCUT2D eigenvalue weighted by Crippen LogP contribution is 2.39. The standard InChI is InChI=1S/C14H18ClN3S/c1-8(2)7-16-12-11-9-5-3-4-6-10(9)19-13(11)18-14(15)17-12/h8H,3-7H2,1-2H3,(H,16,17,18). The topological polar surface area (TPSA) is 37.8 Å². The van der Waals surface area contributed by atoms with Crippen molar-refractivity contribution in [2.45, 2.75) is 39.5 Å². The summed E-state index contributed by atoms with van der Waals surface area (Å²) in [5, 5.41) is 4.99. The number of rotatable bonds is 3. The van der Waals surface area contributed by atoms with Crippen LogP contribution in [0.5, 0.6) is 0 Å². The molecule has 3 rings (SSSR count). The molecule has 0 aliphatic heterocycles. The molecule has 0 bridgehead atoms. The maximum absolute atomic E-state index is 6.05. The number of nitrogens with one attached hydrogen (secondary N) is 1. The molecule has 19 heavy (non-hydrogen) atoms. The van der Waals surface area contributed by atoms with Crippen LogP contribution in [0.3, 0.4) is 0 Å². The average molecular weight is 296 g/mol. The van der Waals surface area contributed by atoms with Crippen molar-refractivity contribution >= 4 is 39.0 Å². The summed E-state index contributed by atoms with van der Waals surface area (Å²) in [6.45, 7) is 5.29. The Balaban J connectivity index is 2.10. The van der Waals surface area contributed by atoms with E-state index in [9.17, 15) is 0 Å². The molecule has 2 aromatic rings. The SMILES string of the molecule is CC(C)CNc1nc(Cl)nc2sc3c(c12)CCCC3.